The van der Waals surface area contributed by atoms with Crippen LogP contribution < -0.4 is 21.1 Å². The molecule has 4 rings (SSSR count). The summed E-state index contributed by atoms with van der Waals surface area (Å²) in [5, 5.41) is 9.34. The Balaban J connectivity index is 1.88. The summed E-state index contributed by atoms with van der Waals surface area (Å²) in [5.41, 5.74) is -1.28. The summed E-state index contributed by atoms with van der Waals surface area (Å²) in [7, 11) is 4.78. The molecule has 1 aliphatic heterocycles. The average molecular weight is 537 g/mol. The van der Waals surface area contributed by atoms with Crippen molar-refractivity contribution < 1.29 is 17.9 Å². The van der Waals surface area contributed by atoms with Gasteiger partial charge in [0.2, 0.25) is 0 Å². The summed E-state index contributed by atoms with van der Waals surface area (Å²) in [6.07, 6.45) is -2.91. The molecule has 0 radical (unpaired) electrons. The average Bonchev–Trinajstić information content (AvgIpc) is 3.53. The Labute approximate surface area is 217 Å². The molecule has 0 unspecified atom stereocenters. The summed E-state index contributed by atoms with van der Waals surface area (Å²) in [5.74, 6) is -0.0424. The van der Waals surface area contributed by atoms with Crippen molar-refractivity contribution in [3.05, 3.63) is 56.4 Å². The van der Waals surface area contributed by atoms with E-state index in [0.29, 0.717) is 37.5 Å². The zero-order chi connectivity index (χ0) is 27.0. The molecule has 37 heavy (non-hydrogen) atoms. The largest absolute Gasteiger partial charge is 0.417 e. The SMILES string of the molecule is CCO[C@H]1CNC[C@]1(Nc1c(CC)nc(-c2ccc(N(C)C)cc2C(F)(F)F)n(C)c1=O)c1nccs1. The molecule has 0 aliphatic carbocycles. The highest BCUT2D eigenvalue weighted by Crippen LogP contribution is 2.39. The van der Waals surface area contributed by atoms with Gasteiger partial charge in [-0.05, 0) is 31.5 Å². The van der Waals surface area contributed by atoms with Crippen LogP contribution in [0, 0.1) is 0 Å². The van der Waals surface area contributed by atoms with Crippen molar-refractivity contribution in [3.8, 4) is 11.4 Å². The van der Waals surface area contributed by atoms with Crippen molar-refractivity contribution in [3.63, 3.8) is 0 Å². The Bertz CT molecular complexity index is 1310. The van der Waals surface area contributed by atoms with Crippen molar-refractivity contribution in [1.82, 2.24) is 19.9 Å². The van der Waals surface area contributed by atoms with E-state index in [9.17, 15) is 18.0 Å². The fourth-order valence-electron chi connectivity index (χ4n) is 4.66. The van der Waals surface area contributed by atoms with Crippen LogP contribution in [0.3, 0.4) is 0 Å². The molecule has 200 valence electrons. The maximum absolute atomic E-state index is 14.1. The van der Waals surface area contributed by atoms with Crippen LogP contribution in [0.25, 0.3) is 11.4 Å². The van der Waals surface area contributed by atoms with Gasteiger partial charge < -0.3 is 20.3 Å². The Kier molecular flexibility index (Phi) is 7.63. The predicted molar refractivity (Wildman–Crippen MR) is 139 cm³/mol. The lowest BCUT2D eigenvalue weighted by Crippen LogP contribution is -2.49. The van der Waals surface area contributed by atoms with Crippen LogP contribution in [0.2, 0.25) is 0 Å². The van der Waals surface area contributed by atoms with Crippen LogP contribution >= 0.6 is 11.3 Å². The molecule has 0 spiro atoms. The number of nitrogens with zero attached hydrogens (tertiary/aromatic N) is 4. The van der Waals surface area contributed by atoms with E-state index in [-0.39, 0.29) is 23.2 Å². The van der Waals surface area contributed by atoms with Crippen molar-refractivity contribution in [1.29, 1.82) is 0 Å². The van der Waals surface area contributed by atoms with E-state index in [4.69, 9.17) is 4.74 Å². The summed E-state index contributed by atoms with van der Waals surface area (Å²) < 4.78 is 49.5. The third-order valence-corrected chi connectivity index (χ3v) is 7.53. The van der Waals surface area contributed by atoms with Gasteiger partial charge in [0.15, 0.2) is 0 Å². The topological polar surface area (TPSA) is 84.3 Å². The molecule has 12 heteroatoms. The number of rotatable bonds is 8. The van der Waals surface area contributed by atoms with E-state index in [1.165, 1.54) is 29.0 Å². The molecule has 1 saturated heterocycles. The summed E-state index contributed by atoms with van der Waals surface area (Å²) in [6, 6.07) is 4.03. The van der Waals surface area contributed by atoms with E-state index in [2.05, 4.69) is 20.6 Å². The van der Waals surface area contributed by atoms with E-state index >= 15 is 0 Å². The molecule has 0 amide bonds. The maximum atomic E-state index is 14.1. The monoisotopic (exact) mass is 536 g/mol. The third-order valence-electron chi connectivity index (χ3n) is 6.58. The molecule has 8 nitrogen and oxygen atoms in total. The third kappa shape index (κ3) is 4.97. The fourth-order valence-corrected chi connectivity index (χ4v) is 5.49. The van der Waals surface area contributed by atoms with Crippen LogP contribution in [0.5, 0.6) is 0 Å². The molecule has 0 bridgehead atoms. The van der Waals surface area contributed by atoms with Crippen molar-refractivity contribution in [2.24, 2.45) is 7.05 Å². The molecule has 2 atom stereocenters. The number of anilines is 2. The molecule has 2 N–H and O–H groups in total. The first-order valence-electron chi connectivity index (χ1n) is 12.0. The smallest absolute Gasteiger partial charge is 0.378 e. The van der Waals surface area contributed by atoms with Gasteiger partial charge in [0.05, 0.1) is 11.3 Å². The number of hydrogen-bond acceptors (Lipinski definition) is 8. The molecule has 1 fully saturated rings. The van der Waals surface area contributed by atoms with Gasteiger partial charge in [-0.1, -0.05) is 6.92 Å². The Hall–Kier alpha value is -2.96. The second kappa shape index (κ2) is 10.4. The van der Waals surface area contributed by atoms with Gasteiger partial charge in [-0.2, -0.15) is 13.2 Å². The van der Waals surface area contributed by atoms with Crippen LogP contribution in [-0.2, 0) is 29.9 Å². The van der Waals surface area contributed by atoms with Crippen LogP contribution in [0.4, 0.5) is 24.5 Å². The minimum Gasteiger partial charge on any atom is -0.378 e. The van der Waals surface area contributed by atoms with Gasteiger partial charge in [-0.25, -0.2) is 9.97 Å². The minimum atomic E-state index is -4.63. The van der Waals surface area contributed by atoms with Gasteiger partial charge in [0.1, 0.15) is 28.2 Å². The normalized spacial score (nSPS) is 19.8. The van der Waals surface area contributed by atoms with Crippen molar-refractivity contribution >= 4 is 22.7 Å². The van der Waals surface area contributed by atoms with E-state index < -0.39 is 22.8 Å². The number of thiazole rings is 1. The van der Waals surface area contributed by atoms with Gasteiger partial charge in [0, 0.05) is 63.7 Å². The van der Waals surface area contributed by atoms with Crippen molar-refractivity contribution in [2.75, 3.05) is 44.0 Å². The first-order chi connectivity index (χ1) is 17.5. The number of hydrogen-bond donors (Lipinski definition) is 2. The fraction of sp³-hybridized carbons (Fsp3) is 0.480. The highest BCUT2D eigenvalue weighted by atomic mass is 32.1. The Morgan fingerprint density at radius 1 is 1.32 bits per heavy atom. The molecule has 0 saturated carbocycles. The second-order valence-electron chi connectivity index (χ2n) is 9.11. The zero-order valence-electron chi connectivity index (χ0n) is 21.4. The summed E-state index contributed by atoms with van der Waals surface area (Å²) in [4.78, 5) is 24.4. The van der Waals surface area contributed by atoms with E-state index in [1.54, 1.807) is 31.3 Å². The van der Waals surface area contributed by atoms with Crippen LogP contribution in [-0.4, -0.2) is 54.4 Å². The summed E-state index contributed by atoms with van der Waals surface area (Å²) >= 11 is 1.45. The maximum Gasteiger partial charge on any atom is 0.417 e. The molecule has 3 heterocycles. The first-order valence-corrected chi connectivity index (χ1v) is 12.9. The number of nitrogens with one attached hydrogen (secondary N) is 2. The lowest BCUT2D eigenvalue weighted by Gasteiger charge is -2.35. The molecular weight excluding hydrogens is 505 g/mol. The van der Waals surface area contributed by atoms with Gasteiger partial charge in [0.25, 0.3) is 5.56 Å². The minimum absolute atomic E-state index is 0.0424. The summed E-state index contributed by atoms with van der Waals surface area (Å²) in [6.45, 7) is 5.21. The number of benzene rings is 1. The van der Waals surface area contributed by atoms with Crippen LogP contribution in [0.15, 0.2) is 34.6 Å². The standard InChI is InChI=1S/C25H31F3N6O2S/c1-6-18-20(32-24(23-30-10-11-37-23)14-29-13-19(24)36-7-2)22(35)34(5)21(31-18)16-9-8-15(33(3)4)12-17(16)25(26,27)28/h8-12,19,29,32H,6-7,13-14H2,1-5H3/t19-,24+/m0/s1. The highest BCUT2D eigenvalue weighted by molar-refractivity contribution is 7.09. The van der Waals surface area contributed by atoms with Gasteiger partial charge >= 0.3 is 6.18 Å². The number of halogens is 3. The zero-order valence-corrected chi connectivity index (χ0v) is 22.3. The molecule has 1 aliphatic rings. The number of aryl methyl sites for hydroxylation is 1. The Morgan fingerprint density at radius 3 is 2.68 bits per heavy atom. The van der Waals surface area contributed by atoms with E-state index in [0.717, 1.165) is 11.1 Å². The Morgan fingerprint density at radius 2 is 2.08 bits per heavy atom. The van der Waals surface area contributed by atoms with Crippen LogP contribution in [0.1, 0.15) is 30.1 Å². The second-order valence-corrected chi connectivity index (χ2v) is 10.00. The molecule has 3 aromatic rings. The number of alkyl halides is 3. The predicted octanol–water partition coefficient (Wildman–Crippen LogP) is 3.87. The number of ether oxygens (including phenoxy) is 1. The number of aromatic nitrogens is 3. The van der Waals surface area contributed by atoms with Gasteiger partial charge in [-0.15, -0.1) is 11.3 Å². The first kappa shape index (κ1) is 27.1. The van der Waals surface area contributed by atoms with Crippen molar-refractivity contribution in [2.45, 2.75) is 38.1 Å². The van der Waals surface area contributed by atoms with E-state index in [1.807, 2.05) is 19.2 Å². The highest BCUT2D eigenvalue weighted by Gasteiger charge is 2.48. The lowest BCUT2D eigenvalue weighted by atomic mass is 9.95. The lowest BCUT2D eigenvalue weighted by molar-refractivity contribution is -0.137. The van der Waals surface area contributed by atoms with Gasteiger partial charge in [-0.3, -0.25) is 9.36 Å². The molecule has 1 aromatic carbocycles. The molecular formula is C25H31F3N6O2S. The quantitative estimate of drug-likeness (QED) is 0.452. The molecule has 2 aromatic heterocycles.